The van der Waals surface area contributed by atoms with Crippen LogP contribution in [-0.2, 0) is 11.2 Å². The summed E-state index contributed by atoms with van der Waals surface area (Å²) in [5, 5.41) is 8.47. The van der Waals surface area contributed by atoms with E-state index in [-0.39, 0.29) is 6.42 Å². The van der Waals surface area contributed by atoms with Crippen molar-refractivity contribution in [3.8, 4) is 0 Å². The van der Waals surface area contributed by atoms with Crippen LogP contribution in [0.3, 0.4) is 0 Å². The maximum absolute atomic E-state index is 10.3. The van der Waals surface area contributed by atoms with Gasteiger partial charge in [-0.15, -0.1) is 0 Å². The molecule has 1 aromatic carbocycles. The minimum absolute atomic E-state index is 0.199. The van der Waals surface area contributed by atoms with Gasteiger partial charge in [0.05, 0.1) is 0 Å². The molecule has 1 N–H and O–H groups in total. The normalized spacial score (nSPS) is 10.8. The zero-order valence-electron chi connectivity index (χ0n) is 9.65. The summed E-state index contributed by atoms with van der Waals surface area (Å²) in [7, 11) is 0. The number of carboxylic acids is 1. The third-order valence-electron chi connectivity index (χ3n) is 2.35. The number of aliphatic carboxylic acids is 1. The molecule has 0 fully saturated rings. The fourth-order valence-electron chi connectivity index (χ4n) is 1.51. The lowest BCUT2D eigenvalue weighted by atomic mass is 10.1. The first-order valence-electron chi connectivity index (χ1n) is 5.69. The Balaban J connectivity index is 2.45. The molecule has 0 aliphatic rings. The summed E-state index contributed by atoms with van der Waals surface area (Å²) in [6, 6.07) is 8.39. The van der Waals surface area contributed by atoms with Gasteiger partial charge in [-0.1, -0.05) is 49.8 Å². The summed E-state index contributed by atoms with van der Waals surface area (Å²) in [4.78, 5) is 10.3. The van der Waals surface area contributed by atoms with E-state index in [0.717, 1.165) is 18.4 Å². The second-order valence-electron chi connectivity index (χ2n) is 3.83. The topological polar surface area (TPSA) is 37.3 Å². The average Bonchev–Trinajstić information content (AvgIpc) is 2.27. The van der Waals surface area contributed by atoms with Gasteiger partial charge in [0.2, 0.25) is 0 Å². The number of hydrogen-bond acceptors (Lipinski definition) is 1. The molecule has 0 atom stereocenters. The van der Waals surface area contributed by atoms with Gasteiger partial charge in [0.15, 0.2) is 0 Å². The third kappa shape index (κ3) is 4.78. The van der Waals surface area contributed by atoms with Crippen LogP contribution >= 0.6 is 0 Å². The number of aryl methyl sites for hydroxylation is 1. The summed E-state index contributed by atoms with van der Waals surface area (Å²) in [5.41, 5.74) is 2.48. The number of allylic oxidation sites excluding steroid dienone is 1. The van der Waals surface area contributed by atoms with Crippen LogP contribution in [0.1, 0.15) is 37.3 Å². The van der Waals surface area contributed by atoms with E-state index in [0.29, 0.717) is 6.42 Å². The molecule has 0 unspecified atom stereocenters. The van der Waals surface area contributed by atoms with Crippen LogP contribution in [0.15, 0.2) is 30.3 Å². The molecule has 0 aliphatic carbocycles. The molecule has 16 heavy (non-hydrogen) atoms. The molecule has 0 heterocycles. The SMILES string of the molecule is CCCc1ccc(C=CCCC(=O)O)cc1. The van der Waals surface area contributed by atoms with Crippen molar-refractivity contribution < 1.29 is 9.90 Å². The largest absolute Gasteiger partial charge is 0.481 e. The highest BCUT2D eigenvalue weighted by Gasteiger charge is 1.93. The molecule has 0 amide bonds. The Hall–Kier alpha value is -1.57. The number of benzene rings is 1. The van der Waals surface area contributed by atoms with Gasteiger partial charge in [0.25, 0.3) is 0 Å². The van der Waals surface area contributed by atoms with Gasteiger partial charge in [-0.25, -0.2) is 0 Å². The Morgan fingerprint density at radius 2 is 2.00 bits per heavy atom. The van der Waals surface area contributed by atoms with Crippen molar-refractivity contribution in [1.82, 2.24) is 0 Å². The maximum Gasteiger partial charge on any atom is 0.303 e. The van der Waals surface area contributed by atoms with E-state index in [1.807, 2.05) is 12.2 Å². The molecule has 1 rings (SSSR count). The molecule has 0 spiro atoms. The standard InChI is InChI=1S/C14H18O2/c1-2-5-12-8-10-13(11-9-12)6-3-4-7-14(15)16/h3,6,8-11H,2,4-5,7H2,1H3,(H,15,16). The number of carbonyl (C=O) groups is 1. The van der Waals surface area contributed by atoms with Gasteiger partial charge in [-0.05, 0) is 24.0 Å². The quantitative estimate of drug-likeness (QED) is 0.793. The Labute approximate surface area is 96.6 Å². The molecule has 0 saturated heterocycles. The van der Waals surface area contributed by atoms with Crippen LogP contribution in [-0.4, -0.2) is 11.1 Å². The molecule has 0 saturated carbocycles. The predicted octanol–water partition coefficient (Wildman–Crippen LogP) is 3.52. The van der Waals surface area contributed by atoms with E-state index < -0.39 is 5.97 Å². The van der Waals surface area contributed by atoms with Gasteiger partial charge in [0.1, 0.15) is 0 Å². The van der Waals surface area contributed by atoms with E-state index in [4.69, 9.17) is 5.11 Å². The van der Waals surface area contributed by atoms with E-state index in [1.165, 1.54) is 5.56 Å². The fourth-order valence-corrected chi connectivity index (χ4v) is 1.51. The van der Waals surface area contributed by atoms with Gasteiger partial charge < -0.3 is 5.11 Å². The van der Waals surface area contributed by atoms with E-state index in [1.54, 1.807) is 0 Å². The summed E-state index contributed by atoms with van der Waals surface area (Å²) in [5.74, 6) is -0.747. The molecule has 0 bridgehead atoms. The Bertz CT molecular complexity index is 350. The summed E-state index contributed by atoms with van der Waals surface area (Å²) in [6.45, 7) is 2.17. The first-order chi connectivity index (χ1) is 7.72. The molecule has 0 aliphatic heterocycles. The molecular weight excluding hydrogens is 200 g/mol. The highest BCUT2D eigenvalue weighted by molar-refractivity contribution is 5.67. The van der Waals surface area contributed by atoms with Gasteiger partial charge >= 0.3 is 5.97 Å². The third-order valence-corrected chi connectivity index (χ3v) is 2.35. The minimum atomic E-state index is -0.747. The number of hydrogen-bond donors (Lipinski definition) is 1. The Kier molecular flexibility index (Phi) is 5.34. The smallest absolute Gasteiger partial charge is 0.303 e. The predicted molar refractivity (Wildman–Crippen MR) is 66.3 cm³/mol. The maximum atomic E-state index is 10.3. The van der Waals surface area contributed by atoms with Crippen molar-refractivity contribution >= 4 is 12.0 Å². The summed E-state index contributed by atoms with van der Waals surface area (Å²) >= 11 is 0. The van der Waals surface area contributed by atoms with Gasteiger partial charge in [-0.2, -0.15) is 0 Å². The first kappa shape index (κ1) is 12.5. The van der Waals surface area contributed by atoms with Crippen molar-refractivity contribution in [2.45, 2.75) is 32.6 Å². The lowest BCUT2D eigenvalue weighted by molar-refractivity contribution is -0.136. The van der Waals surface area contributed by atoms with Crippen LogP contribution in [0.25, 0.3) is 6.08 Å². The van der Waals surface area contributed by atoms with Crippen molar-refractivity contribution in [3.63, 3.8) is 0 Å². The first-order valence-corrected chi connectivity index (χ1v) is 5.69. The number of rotatable bonds is 6. The second-order valence-corrected chi connectivity index (χ2v) is 3.83. The Morgan fingerprint density at radius 3 is 2.56 bits per heavy atom. The van der Waals surface area contributed by atoms with Crippen LogP contribution in [0, 0.1) is 0 Å². The van der Waals surface area contributed by atoms with Crippen molar-refractivity contribution in [1.29, 1.82) is 0 Å². The minimum Gasteiger partial charge on any atom is -0.481 e. The van der Waals surface area contributed by atoms with Crippen molar-refractivity contribution in [2.75, 3.05) is 0 Å². The Morgan fingerprint density at radius 1 is 1.31 bits per heavy atom. The van der Waals surface area contributed by atoms with Gasteiger partial charge in [-0.3, -0.25) is 4.79 Å². The van der Waals surface area contributed by atoms with E-state index in [2.05, 4.69) is 31.2 Å². The van der Waals surface area contributed by atoms with Crippen molar-refractivity contribution in [2.24, 2.45) is 0 Å². The molecular formula is C14H18O2. The molecule has 2 nitrogen and oxygen atoms in total. The van der Waals surface area contributed by atoms with E-state index in [9.17, 15) is 4.79 Å². The fraction of sp³-hybridized carbons (Fsp3) is 0.357. The van der Waals surface area contributed by atoms with Crippen LogP contribution < -0.4 is 0 Å². The molecule has 0 radical (unpaired) electrons. The van der Waals surface area contributed by atoms with E-state index >= 15 is 0 Å². The van der Waals surface area contributed by atoms with Gasteiger partial charge in [0, 0.05) is 6.42 Å². The highest BCUT2D eigenvalue weighted by atomic mass is 16.4. The molecule has 2 heteroatoms. The second kappa shape index (κ2) is 6.83. The zero-order valence-corrected chi connectivity index (χ0v) is 9.65. The molecule has 86 valence electrons. The highest BCUT2D eigenvalue weighted by Crippen LogP contribution is 2.08. The number of carboxylic acid groups (broad SMARTS) is 1. The monoisotopic (exact) mass is 218 g/mol. The van der Waals surface area contributed by atoms with Crippen LogP contribution in [0.4, 0.5) is 0 Å². The lowest BCUT2D eigenvalue weighted by Gasteiger charge is -1.98. The summed E-state index contributed by atoms with van der Waals surface area (Å²) in [6.07, 6.45) is 6.94. The summed E-state index contributed by atoms with van der Waals surface area (Å²) < 4.78 is 0. The molecule has 1 aromatic rings. The van der Waals surface area contributed by atoms with Crippen LogP contribution in [0.5, 0.6) is 0 Å². The molecule has 0 aromatic heterocycles. The van der Waals surface area contributed by atoms with Crippen molar-refractivity contribution in [3.05, 3.63) is 41.5 Å². The lowest BCUT2D eigenvalue weighted by Crippen LogP contribution is -1.91. The zero-order chi connectivity index (χ0) is 11.8. The average molecular weight is 218 g/mol. The van der Waals surface area contributed by atoms with Crippen LogP contribution in [0.2, 0.25) is 0 Å².